The van der Waals surface area contributed by atoms with E-state index in [1.54, 1.807) is 30.5 Å². The third kappa shape index (κ3) is 3.02. The van der Waals surface area contributed by atoms with Crippen molar-refractivity contribution in [3.05, 3.63) is 47.5 Å². The fourth-order valence-corrected chi connectivity index (χ4v) is 4.01. The van der Waals surface area contributed by atoms with Gasteiger partial charge >= 0.3 is 0 Å². The molecule has 0 spiro atoms. The molecule has 0 aliphatic carbocycles. The van der Waals surface area contributed by atoms with Gasteiger partial charge < -0.3 is 10.8 Å². The van der Waals surface area contributed by atoms with Gasteiger partial charge in [0.15, 0.2) is 5.13 Å². The molecule has 3 aromatic heterocycles. The van der Waals surface area contributed by atoms with Crippen LogP contribution in [0.4, 0.5) is 11.1 Å². The molecule has 4 rings (SSSR count). The maximum Gasteiger partial charge on any atom is 0.267 e. The molecule has 7 nitrogen and oxygen atoms in total. The second-order valence-electron chi connectivity index (χ2n) is 5.06. The molecule has 25 heavy (non-hydrogen) atoms. The number of hydrogen-bond acceptors (Lipinski definition) is 8. The summed E-state index contributed by atoms with van der Waals surface area (Å²) in [6, 6.07) is 10.4. The molecule has 0 bridgehead atoms. The third-order valence-corrected chi connectivity index (χ3v) is 5.42. The van der Waals surface area contributed by atoms with E-state index < -0.39 is 0 Å². The highest BCUT2D eigenvalue weighted by Gasteiger charge is 2.14. The molecule has 0 unspecified atom stereocenters. The van der Waals surface area contributed by atoms with Gasteiger partial charge in [-0.15, -0.1) is 11.3 Å². The lowest BCUT2D eigenvalue weighted by Crippen LogP contribution is -2.09. The van der Waals surface area contributed by atoms with E-state index in [0.29, 0.717) is 21.2 Å². The van der Waals surface area contributed by atoms with Crippen molar-refractivity contribution in [2.45, 2.75) is 0 Å². The Morgan fingerprint density at radius 2 is 2.00 bits per heavy atom. The van der Waals surface area contributed by atoms with Crippen molar-refractivity contribution < 1.29 is 9.90 Å². The summed E-state index contributed by atoms with van der Waals surface area (Å²) < 4.78 is 0.804. The Morgan fingerprint density at radius 1 is 1.12 bits per heavy atom. The summed E-state index contributed by atoms with van der Waals surface area (Å²) in [4.78, 5) is 26.0. The smallest absolute Gasteiger partial charge is 0.267 e. The van der Waals surface area contributed by atoms with Crippen LogP contribution >= 0.6 is 22.7 Å². The van der Waals surface area contributed by atoms with Gasteiger partial charge in [0.25, 0.3) is 5.91 Å². The highest BCUT2D eigenvalue weighted by atomic mass is 32.1. The maximum atomic E-state index is 12.4. The Balaban J connectivity index is 1.58. The minimum absolute atomic E-state index is 0.0917. The summed E-state index contributed by atoms with van der Waals surface area (Å²) in [6.07, 6.45) is 1.57. The van der Waals surface area contributed by atoms with Crippen molar-refractivity contribution in [1.29, 1.82) is 0 Å². The summed E-state index contributed by atoms with van der Waals surface area (Å²) in [5, 5.41) is 13.0. The van der Waals surface area contributed by atoms with Gasteiger partial charge in [0.05, 0.1) is 20.1 Å². The second-order valence-corrected chi connectivity index (χ2v) is 7.18. The fourth-order valence-electron chi connectivity index (χ4n) is 2.25. The Labute approximate surface area is 149 Å². The number of nitrogen functional groups attached to an aromatic ring is 1. The first-order valence-corrected chi connectivity index (χ1v) is 8.82. The molecule has 1 amide bonds. The number of nitrogens with two attached hydrogens (primary N) is 1. The largest absolute Gasteiger partial charge is 0.506 e. The molecule has 124 valence electrons. The number of para-hydroxylation sites is 1. The van der Waals surface area contributed by atoms with Crippen molar-refractivity contribution in [3.63, 3.8) is 0 Å². The summed E-state index contributed by atoms with van der Waals surface area (Å²) in [5.41, 5.74) is 6.74. The number of phenolic OH excluding ortho intramolecular Hbond substituents is 1. The molecule has 0 radical (unpaired) electrons. The number of fused-ring (bicyclic) bond motifs is 1. The predicted octanol–water partition coefficient (Wildman–Crippen LogP) is 3.35. The Morgan fingerprint density at radius 3 is 2.80 bits per heavy atom. The van der Waals surface area contributed by atoms with Crippen molar-refractivity contribution in [1.82, 2.24) is 15.0 Å². The van der Waals surface area contributed by atoms with Gasteiger partial charge in [-0.25, -0.2) is 15.0 Å². The van der Waals surface area contributed by atoms with E-state index >= 15 is 0 Å². The fraction of sp³-hybridized carbons (Fsp3) is 0. The Kier molecular flexibility index (Phi) is 3.79. The van der Waals surface area contributed by atoms with Crippen molar-refractivity contribution in [3.8, 4) is 16.3 Å². The summed E-state index contributed by atoms with van der Waals surface area (Å²) in [6.45, 7) is 0. The van der Waals surface area contributed by atoms with E-state index in [-0.39, 0.29) is 17.6 Å². The number of amides is 1. The van der Waals surface area contributed by atoms with Gasteiger partial charge in [-0.2, -0.15) is 0 Å². The first-order valence-electron chi connectivity index (χ1n) is 7.19. The van der Waals surface area contributed by atoms with E-state index in [0.717, 1.165) is 9.58 Å². The van der Waals surface area contributed by atoms with E-state index in [9.17, 15) is 9.90 Å². The van der Waals surface area contributed by atoms with Crippen molar-refractivity contribution in [2.75, 3.05) is 11.1 Å². The van der Waals surface area contributed by atoms with Gasteiger partial charge in [0, 0.05) is 6.20 Å². The summed E-state index contributed by atoms with van der Waals surface area (Å²) in [7, 11) is 0. The minimum Gasteiger partial charge on any atom is -0.506 e. The lowest BCUT2D eigenvalue weighted by atomic mass is 10.3. The van der Waals surface area contributed by atoms with E-state index in [1.807, 2.05) is 12.1 Å². The quantitative estimate of drug-likeness (QED) is 0.510. The van der Waals surface area contributed by atoms with Crippen LogP contribution < -0.4 is 11.1 Å². The molecule has 4 N–H and O–H groups in total. The van der Waals surface area contributed by atoms with Crippen LogP contribution in [-0.2, 0) is 0 Å². The van der Waals surface area contributed by atoms with Crippen LogP contribution in [0.3, 0.4) is 0 Å². The second kappa shape index (κ2) is 6.11. The molecule has 4 aromatic rings. The van der Waals surface area contributed by atoms with E-state index in [4.69, 9.17) is 5.73 Å². The van der Waals surface area contributed by atoms with Crippen LogP contribution in [0.15, 0.2) is 42.6 Å². The number of thiophene rings is 1. The normalized spacial score (nSPS) is 10.9. The number of nitrogens with zero attached hydrogens (tertiary/aromatic N) is 3. The van der Waals surface area contributed by atoms with Gasteiger partial charge in [-0.3, -0.25) is 10.1 Å². The number of thiazole rings is 1. The average Bonchev–Trinajstić information content (AvgIpc) is 3.22. The standard InChI is InChI=1S/C16H11N5O2S2/c17-15-18-7-6-8(19-15)10-4-5-12(24-10)14(23)21-16-20-13-9(22)2-1-3-11(13)25-16/h1-7,22H,(H2,17,18,19)(H,20,21,23). The molecule has 0 atom stereocenters. The zero-order chi connectivity index (χ0) is 17.4. The first kappa shape index (κ1) is 15.5. The molecular formula is C16H11N5O2S2. The molecule has 0 saturated carbocycles. The zero-order valence-electron chi connectivity index (χ0n) is 12.6. The van der Waals surface area contributed by atoms with Gasteiger partial charge in [-0.05, 0) is 30.3 Å². The molecule has 0 aliphatic heterocycles. The number of anilines is 2. The van der Waals surface area contributed by atoms with Crippen molar-refractivity contribution in [2.24, 2.45) is 0 Å². The molecule has 9 heteroatoms. The lowest BCUT2D eigenvalue weighted by Gasteiger charge is -1.98. The van der Waals surface area contributed by atoms with Crippen LogP contribution in [0.2, 0.25) is 0 Å². The summed E-state index contributed by atoms with van der Waals surface area (Å²) in [5.74, 6) is 0.0111. The van der Waals surface area contributed by atoms with Crippen LogP contribution in [0.1, 0.15) is 9.67 Å². The highest BCUT2D eigenvalue weighted by Crippen LogP contribution is 2.32. The van der Waals surface area contributed by atoms with Crippen LogP contribution in [0.25, 0.3) is 20.8 Å². The Bertz CT molecular complexity index is 1090. The van der Waals surface area contributed by atoms with Gasteiger partial charge in [0.2, 0.25) is 5.95 Å². The molecule has 1 aromatic carbocycles. The SMILES string of the molecule is Nc1nccc(-c2ccc(C(=O)Nc3nc4c(O)cccc4s3)s2)n1. The Hall–Kier alpha value is -3.04. The maximum absolute atomic E-state index is 12.4. The number of carbonyl (C=O) groups excluding carboxylic acids is 1. The number of aromatic nitrogens is 3. The number of benzene rings is 1. The van der Waals surface area contributed by atoms with Crippen LogP contribution in [-0.4, -0.2) is 26.0 Å². The average molecular weight is 369 g/mol. The third-order valence-electron chi connectivity index (χ3n) is 3.37. The lowest BCUT2D eigenvalue weighted by molar-refractivity contribution is 0.103. The number of hydrogen-bond donors (Lipinski definition) is 3. The number of carbonyl (C=O) groups is 1. The highest BCUT2D eigenvalue weighted by molar-refractivity contribution is 7.22. The monoisotopic (exact) mass is 369 g/mol. The molecule has 3 heterocycles. The number of aromatic hydroxyl groups is 1. The molecule has 0 saturated heterocycles. The summed E-state index contributed by atoms with van der Waals surface area (Å²) >= 11 is 2.61. The first-order chi connectivity index (χ1) is 12.1. The van der Waals surface area contributed by atoms with Crippen LogP contribution in [0, 0.1) is 0 Å². The molecular weight excluding hydrogens is 358 g/mol. The number of nitrogens with one attached hydrogen (secondary N) is 1. The minimum atomic E-state index is -0.267. The zero-order valence-corrected chi connectivity index (χ0v) is 14.3. The number of phenols is 1. The molecule has 0 fully saturated rings. The predicted molar refractivity (Wildman–Crippen MR) is 99.0 cm³/mol. The van der Waals surface area contributed by atoms with E-state index in [1.165, 1.54) is 22.7 Å². The van der Waals surface area contributed by atoms with Crippen molar-refractivity contribution >= 4 is 49.9 Å². The number of rotatable bonds is 3. The molecule has 0 aliphatic rings. The van der Waals surface area contributed by atoms with Crippen LogP contribution in [0.5, 0.6) is 5.75 Å². The van der Waals surface area contributed by atoms with Gasteiger partial charge in [0.1, 0.15) is 11.3 Å². The van der Waals surface area contributed by atoms with Gasteiger partial charge in [-0.1, -0.05) is 17.4 Å². The topological polar surface area (TPSA) is 114 Å². The van der Waals surface area contributed by atoms with E-state index in [2.05, 4.69) is 20.3 Å².